The molecule has 4 heterocycles. The van der Waals surface area contributed by atoms with Gasteiger partial charge in [-0.25, -0.2) is 15.0 Å². The van der Waals surface area contributed by atoms with Crippen LogP contribution >= 0.6 is 0 Å². The van der Waals surface area contributed by atoms with Gasteiger partial charge in [-0.3, -0.25) is 4.90 Å². The molecule has 1 saturated heterocycles. The molecule has 0 spiro atoms. The average molecular weight is 373 g/mol. The Bertz CT molecular complexity index is 1010. The molecule has 142 valence electrons. The number of hydrogen-bond donors (Lipinski definition) is 1. The topological polar surface area (TPSA) is 70.8 Å². The molecule has 28 heavy (non-hydrogen) atoms. The van der Waals surface area contributed by atoms with E-state index in [0.717, 1.165) is 48.5 Å². The second-order valence-electron chi connectivity index (χ2n) is 7.54. The van der Waals surface area contributed by atoms with E-state index < -0.39 is 0 Å². The molecule has 0 amide bonds. The van der Waals surface area contributed by atoms with Crippen molar-refractivity contribution in [1.29, 1.82) is 0 Å². The number of para-hydroxylation sites is 2. The summed E-state index contributed by atoms with van der Waals surface area (Å²) in [6.45, 7) is 3.09. The number of piperidine rings is 1. The van der Waals surface area contributed by atoms with Gasteiger partial charge in [0.2, 0.25) is 0 Å². The minimum Gasteiger partial charge on any atom is -0.461 e. The lowest BCUT2D eigenvalue weighted by atomic mass is 9.94. The molecule has 0 saturated carbocycles. The fourth-order valence-electron chi connectivity index (χ4n) is 4.06. The van der Waals surface area contributed by atoms with Crippen LogP contribution in [-0.4, -0.2) is 37.9 Å². The van der Waals surface area contributed by atoms with E-state index in [2.05, 4.69) is 32.0 Å². The van der Waals surface area contributed by atoms with Crippen LogP contribution in [0.1, 0.15) is 24.2 Å². The lowest BCUT2D eigenvalue weighted by Crippen LogP contribution is -2.35. The maximum Gasteiger partial charge on any atom is 0.195 e. The Morgan fingerprint density at radius 2 is 2.00 bits per heavy atom. The molecule has 1 fully saturated rings. The van der Waals surface area contributed by atoms with Gasteiger partial charge in [-0.15, -0.1) is 0 Å². The predicted octanol–water partition coefficient (Wildman–Crippen LogP) is 4.07. The molecule has 6 nitrogen and oxygen atoms in total. The van der Waals surface area contributed by atoms with Crippen molar-refractivity contribution in [1.82, 2.24) is 24.8 Å². The van der Waals surface area contributed by atoms with Crippen molar-refractivity contribution in [2.75, 3.05) is 13.1 Å². The molecule has 1 aliphatic heterocycles. The zero-order valence-corrected chi connectivity index (χ0v) is 15.7. The van der Waals surface area contributed by atoms with Gasteiger partial charge >= 0.3 is 0 Å². The van der Waals surface area contributed by atoms with Crippen molar-refractivity contribution in [2.24, 2.45) is 5.92 Å². The monoisotopic (exact) mass is 373 g/mol. The Morgan fingerprint density at radius 1 is 1.11 bits per heavy atom. The molecule has 1 aliphatic rings. The first-order chi connectivity index (χ1) is 13.8. The SMILES string of the molecule is c1coc(-c2ncc(CN3CCCC(Cc4nc5ccccc5[nH]4)C3)cn2)c1. The van der Waals surface area contributed by atoms with Gasteiger partial charge in [0, 0.05) is 37.5 Å². The van der Waals surface area contributed by atoms with E-state index in [0.29, 0.717) is 17.5 Å². The Labute approximate surface area is 163 Å². The number of aromatic amines is 1. The number of nitrogens with one attached hydrogen (secondary N) is 1. The van der Waals surface area contributed by atoms with Crippen molar-refractivity contribution in [3.05, 3.63) is 66.4 Å². The Morgan fingerprint density at radius 3 is 2.82 bits per heavy atom. The minimum absolute atomic E-state index is 0.623. The van der Waals surface area contributed by atoms with Crippen LogP contribution in [0, 0.1) is 5.92 Å². The lowest BCUT2D eigenvalue weighted by Gasteiger charge is -2.32. The Balaban J connectivity index is 1.22. The van der Waals surface area contributed by atoms with E-state index in [1.165, 1.54) is 12.8 Å². The van der Waals surface area contributed by atoms with Crippen LogP contribution < -0.4 is 0 Å². The van der Waals surface area contributed by atoms with E-state index in [9.17, 15) is 0 Å². The molecular weight excluding hydrogens is 350 g/mol. The van der Waals surface area contributed by atoms with Crippen LogP contribution in [0.2, 0.25) is 0 Å². The summed E-state index contributed by atoms with van der Waals surface area (Å²) < 4.78 is 5.36. The van der Waals surface area contributed by atoms with Gasteiger partial charge in [0.25, 0.3) is 0 Å². The smallest absolute Gasteiger partial charge is 0.195 e. The normalized spacial score (nSPS) is 17.9. The van der Waals surface area contributed by atoms with E-state index >= 15 is 0 Å². The van der Waals surface area contributed by atoms with Gasteiger partial charge in [0.1, 0.15) is 5.82 Å². The molecule has 1 unspecified atom stereocenters. The number of likely N-dealkylation sites (tertiary alicyclic amines) is 1. The van der Waals surface area contributed by atoms with Gasteiger partial charge < -0.3 is 9.40 Å². The first-order valence-corrected chi connectivity index (χ1v) is 9.84. The molecule has 1 N–H and O–H groups in total. The van der Waals surface area contributed by atoms with Gasteiger partial charge in [0.15, 0.2) is 11.6 Å². The molecule has 5 rings (SSSR count). The zero-order chi connectivity index (χ0) is 18.8. The number of rotatable bonds is 5. The standard InChI is InChI=1S/C22H23N5O/c1-2-7-19-18(6-1)25-21(26-19)11-16-5-3-9-27(14-16)15-17-12-23-22(24-13-17)20-8-4-10-28-20/h1-2,4,6-8,10,12-13,16H,3,5,9,11,14-15H2,(H,25,26). The number of hydrogen-bond acceptors (Lipinski definition) is 5. The number of benzene rings is 1. The third kappa shape index (κ3) is 3.68. The van der Waals surface area contributed by atoms with Crippen molar-refractivity contribution >= 4 is 11.0 Å². The fourth-order valence-corrected chi connectivity index (χ4v) is 4.06. The minimum atomic E-state index is 0.623. The van der Waals surface area contributed by atoms with Crippen LogP contribution in [0.3, 0.4) is 0 Å². The van der Waals surface area contributed by atoms with Crippen molar-refractivity contribution in [3.8, 4) is 11.6 Å². The first kappa shape index (κ1) is 17.1. The summed E-state index contributed by atoms with van der Waals surface area (Å²) in [6, 6.07) is 12.0. The Kier molecular flexibility index (Phi) is 4.62. The summed E-state index contributed by atoms with van der Waals surface area (Å²) >= 11 is 0. The summed E-state index contributed by atoms with van der Waals surface area (Å²) in [5.41, 5.74) is 3.32. The second-order valence-corrected chi connectivity index (χ2v) is 7.54. The van der Waals surface area contributed by atoms with Crippen LogP contribution in [0.5, 0.6) is 0 Å². The highest BCUT2D eigenvalue weighted by Gasteiger charge is 2.21. The summed E-state index contributed by atoms with van der Waals surface area (Å²) in [4.78, 5) is 19.6. The number of imidazole rings is 1. The number of H-pyrrole nitrogens is 1. The zero-order valence-electron chi connectivity index (χ0n) is 15.7. The maximum absolute atomic E-state index is 5.36. The number of nitrogens with zero attached hydrogens (tertiary/aromatic N) is 4. The van der Waals surface area contributed by atoms with Crippen LogP contribution in [-0.2, 0) is 13.0 Å². The third-order valence-corrected chi connectivity index (χ3v) is 5.38. The molecule has 0 radical (unpaired) electrons. The summed E-state index contributed by atoms with van der Waals surface area (Å²) in [5, 5.41) is 0. The second kappa shape index (κ2) is 7.56. The van der Waals surface area contributed by atoms with Crippen LogP contribution in [0.25, 0.3) is 22.6 Å². The predicted molar refractivity (Wildman–Crippen MR) is 108 cm³/mol. The molecule has 6 heteroatoms. The molecule has 0 aliphatic carbocycles. The number of furan rings is 1. The largest absolute Gasteiger partial charge is 0.461 e. The molecule has 0 bridgehead atoms. The van der Waals surface area contributed by atoms with Gasteiger partial charge in [-0.1, -0.05) is 12.1 Å². The fraction of sp³-hybridized carbons (Fsp3) is 0.318. The first-order valence-electron chi connectivity index (χ1n) is 9.84. The molecule has 4 aromatic rings. The van der Waals surface area contributed by atoms with Crippen molar-refractivity contribution in [3.63, 3.8) is 0 Å². The van der Waals surface area contributed by atoms with Gasteiger partial charge in [-0.05, 0) is 49.6 Å². The highest BCUT2D eigenvalue weighted by atomic mass is 16.3. The summed E-state index contributed by atoms with van der Waals surface area (Å²) in [5.74, 6) is 3.06. The summed E-state index contributed by atoms with van der Waals surface area (Å²) in [7, 11) is 0. The molecule has 3 aromatic heterocycles. The maximum atomic E-state index is 5.36. The highest BCUT2D eigenvalue weighted by Crippen LogP contribution is 2.23. The molecule has 1 atom stereocenters. The van der Waals surface area contributed by atoms with E-state index in [-0.39, 0.29) is 0 Å². The molecular formula is C22H23N5O. The molecule has 1 aromatic carbocycles. The lowest BCUT2D eigenvalue weighted by molar-refractivity contribution is 0.165. The Hall–Kier alpha value is -2.99. The average Bonchev–Trinajstić information content (AvgIpc) is 3.38. The van der Waals surface area contributed by atoms with Gasteiger partial charge in [0.05, 0.1) is 17.3 Å². The van der Waals surface area contributed by atoms with Crippen molar-refractivity contribution in [2.45, 2.75) is 25.8 Å². The number of fused-ring (bicyclic) bond motifs is 1. The quantitative estimate of drug-likeness (QED) is 0.571. The van der Waals surface area contributed by atoms with Crippen molar-refractivity contribution < 1.29 is 4.42 Å². The van der Waals surface area contributed by atoms with Gasteiger partial charge in [-0.2, -0.15) is 0 Å². The van der Waals surface area contributed by atoms with E-state index in [1.807, 2.05) is 36.7 Å². The summed E-state index contributed by atoms with van der Waals surface area (Å²) in [6.07, 6.45) is 8.93. The number of aromatic nitrogens is 4. The van der Waals surface area contributed by atoms with E-state index in [1.54, 1.807) is 6.26 Å². The van der Waals surface area contributed by atoms with Crippen LogP contribution in [0.15, 0.2) is 59.5 Å². The third-order valence-electron chi connectivity index (χ3n) is 5.38. The highest BCUT2D eigenvalue weighted by molar-refractivity contribution is 5.74. The van der Waals surface area contributed by atoms with Crippen LogP contribution in [0.4, 0.5) is 0 Å². The van der Waals surface area contributed by atoms with E-state index in [4.69, 9.17) is 9.40 Å².